The average molecular weight is 381 g/mol. The van der Waals surface area contributed by atoms with Gasteiger partial charge in [0.2, 0.25) is 0 Å². The van der Waals surface area contributed by atoms with Gasteiger partial charge in [-0.2, -0.15) is 0 Å². The SMILES string of the molecule is CCCCCCCCCCCCC(O)(C(=O)c1ccccc1)c1ccccc1. The maximum Gasteiger partial charge on any atom is 0.198 e. The first kappa shape index (κ1) is 22.4. The van der Waals surface area contributed by atoms with Gasteiger partial charge in [0.1, 0.15) is 0 Å². The lowest BCUT2D eigenvalue weighted by Crippen LogP contribution is -2.35. The van der Waals surface area contributed by atoms with Crippen molar-refractivity contribution < 1.29 is 9.90 Å². The maximum absolute atomic E-state index is 13.1. The zero-order valence-corrected chi connectivity index (χ0v) is 17.4. The molecule has 0 saturated carbocycles. The highest BCUT2D eigenvalue weighted by Gasteiger charge is 2.37. The van der Waals surface area contributed by atoms with Gasteiger partial charge in [0.15, 0.2) is 11.4 Å². The van der Waals surface area contributed by atoms with E-state index in [1.165, 1.54) is 51.4 Å². The summed E-state index contributed by atoms with van der Waals surface area (Å²) in [5, 5.41) is 11.4. The van der Waals surface area contributed by atoms with Gasteiger partial charge in [-0.15, -0.1) is 0 Å². The molecule has 0 spiro atoms. The zero-order valence-electron chi connectivity index (χ0n) is 17.4. The van der Waals surface area contributed by atoms with Crippen molar-refractivity contribution >= 4 is 5.78 Å². The third-order valence-corrected chi connectivity index (χ3v) is 5.56. The summed E-state index contributed by atoms with van der Waals surface area (Å²) in [4.78, 5) is 13.1. The van der Waals surface area contributed by atoms with Gasteiger partial charge in [0.05, 0.1) is 0 Å². The van der Waals surface area contributed by atoms with Crippen LogP contribution in [0.5, 0.6) is 0 Å². The highest BCUT2D eigenvalue weighted by Crippen LogP contribution is 2.31. The fraction of sp³-hybridized carbons (Fsp3) is 0.500. The molecule has 2 nitrogen and oxygen atoms in total. The molecule has 0 fully saturated rings. The lowest BCUT2D eigenvalue weighted by molar-refractivity contribution is 0.0237. The first-order valence-corrected chi connectivity index (χ1v) is 11.1. The van der Waals surface area contributed by atoms with Crippen molar-refractivity contribution in [2.45, 2.75) is 83.2 Å². The van der Waals surface area contributed by atoms with E-state index >= 15 is 0 Å². The summed E-state index contributed by atoms with van der Waals surface area (Å²) in [6.07, 6.45) is 12.8. The van der Waals surface area contributed by atoms with Crippen molar-refractivity contribution in [3.63, 3.8) is 0 Å². The van der Waals surface area contributed by atoms with Crippen LogP contribution in [0.25, 0.3) is 0 Å². The predicted molar refractivity (Wildman–Crippen MR) is 118 cm³/mol. The Balaban J connectivity index is 1.85. The molecule has 1 N–H and O–H groups in total. The number of aliphatic hydroxyl groups is 1. The molecule has 0 amide bonds. The van der Waals surface area contributed by atoms with Crippen LogP contribution in [0.15, 0.2) is 60.7 Å². The van der Waals surface area contributed by atoms with E-state index in [2.05, 4.69) is 6.92 Å². The zero-order chi connectivity index (χ0) is 20.1. The quantitative estimate of drug-likeness (QED) is 0.281. The third-order valence-electron chi connectivity index (χ3n) is 5.56. The minimum Gasteiger partial charge on any atom is -0.377 e. The van der Waals surface area contributed by atoms with Crippen molar-refractivity contribution in [1.29, 1.82) is 0 Å². The Bertz CT molecular complexity index is 665. The van der Waals surface area contributed by atoms with Crippen LogP contribution in [0.3, 0.4) is 0 Å². The van der Waals surface area contributed by atoms with Crippen LogP contribution in [-0.4, -0.2) is 10.9 Å². The van der Waals surface area contributed by atoms with Crippen LogP contribution in [0, 0.1) is 0 Å². The van der Waals surface area contributed by atoms with Crippen LogP contribution in [0.1, 0.15) is 93.5 Å². The predicted octanol–water partition coefficient (Wildman–Crippen LogP) is 7.07. The van der Waals surface area contributed by atoms with E-state index in [1.54, 1.807) is 12.1 Å². The molecule has 2 heteroatoms. The molecular formula is C26H36O2. The van der Waals surface area contributed by atoms with Crippen LogP contribution >= 0.6 is 0 Å². The third kappa shape index (κ3) is 6.91. The van der Waals surface area contributed by atoms with E-state index in [0.29, 0.717) is 17.5 Å². The molecule has 2 rings (SSSR count). The van der Waals surface area contributed by atoms with E-state index in [9.17, 15) is 9.90 Å². The topological polar surface area (TPSA) is 37.3 Å². The largest absolute Gasteiger partial charge is 0.377 e. The van der Waals surface area contributed by atoms with Crippen molar-refractivity contribution in [2.24, 2.45) is 0 Å². The van der Waals surface area contributed by atoms with Crippen LogP contribution in [0.4, 0.5) is 0 Å². The van der Waals surface area contributed by atoms with Crippen LogP contribution in [0.2, 0.25) is 0 Å². The van der Waals surface area contributed by atoms with E-state index in [4.69, 9.17) is 0 Å². The second-order valence-electron chi connectivity index (χ2n) is 7.85. The normalized spacial score (nSPS) is 13.2. The molecule has 0 bridgehead atoms. The molecule has 0 aliphatic carbocycles. The lowest BCUT2D eigenvalue weighted by Gasteiger charge is -2.27. The number of Topliss-reactive ketones (excluding diaryl/α,β-unsaturated/α-hetero) is 1. The Morgan fingerprint density at radius 3 is 1.71 bits per heavy atom. The van der Waals surface area contributed by atoms with Gasteiger partial charge in [0, 0.05) is 5.56 Å². The van der Waals surface area contributed by atoms with Crippen molar-refractivity contribution in [3.05, 3.63) is 71.8 Å². The molecule has 28 heavy (non-hydrogen) atoms. The summed E-state index contributed by atoms with van der Waals surface area (Å²) in [6.45, 7) is 2.25. The van der Waals surface area contributed by atoms with Crippen LogP contribution in [-0.2, 0) is 5.60 Å². The van der Waals surface area contributed by atoms with Crippen LogP contribution < -0.4 is 0 Å². The summed E-state index contributed by atoms with van der Waals surface area (Å²) >= 11 is 0. The molecular weight excluding hydrogens is 344 g/mol. The number of ketones is 1. The highest BCUT2D eigenvalue weighted by molar-refractivity contribution is 6.02. The smallest absolute Gasteiger partial charge is 0.198 e. The fourth-order valence-electron chi connectivity index (χ4n) is 3.80. The molecule has 2 aromatic carbocycles. The number of carbonyl (C=O) groups is 1. The first-order chi connectivity index (χ1) is 13.7. The number of hydrogen-bond acceptors (Lipinski definition) is 2. The molecule has 0 aliphatic heterocycles. The van der Waals surface area contributed by atoms with Gasteiger partial charge in [-0.3, -0.25) is 4.79 Å². The maximum atomic E-state index is 13.1. The Labute approximate surface area is 171 Å². The van der Waals surface area contributed by atoms with Crippen molar-refractivity contribution in [2.75, 3.05) is 0 Å². The number of carbonyl (C=O) groups excluding carboxylic acids is 1. The highest BCUT2D eigenvalue weighted by atomic mass is 16.3. The summed E-state index contributed by atoms with van der Waals surface area (Å²) in [7, 11) is 0. The molecule has 0 aliphatic rings. The van der Waals surface area contributed by atoms with Gasteiger partial charge in [0.25, 0.3) is 0 Å². The Morgan fingerprint density at radius 2 is 1.18 bits per heavy atom. The number of unbranched alkanes of at least 4 members (excludes halogenated alkanes) is 9. The first-order valence-electron chi connectivity index (χ1n) is 11.1. The minimum atomic E-state index is -1.44. The molecule has 0 radical (unpaired) electrons. The van der Waals surface area contributed by atoms with Gasteiger partial charge in [-0.25, -0.2) is 0 Å². The van der Waals surface area contributed by atoms with E-state index in [0.717, 1.165) is 12.8 Å². The summed E-state index contributed by atoms with van der Waals surface area (Å²) < 4.78 is 0. The Kier molecular flexibility index (Phi) is 9.99. The molecule has 0 heterocycles. The lowest BCUT2D eigenvalue weighted by atomic mass is 9.81. The molecule has 1 atom stereocenters. The molecule has 152 valence electrons. The van der Waals surface area contributed by atoms with Gasteiger partial charge < -0.3 is 5.11 Å². The number of hydrogen-bond donors (Lipinski definition) is 1. The molecule has 1 unspecified atom stereocenters. The Morgan fingerprint density at radius 1 is 0.714 bits per heavy atom. The van der Waals surface area contributed by atoms with Crippen molar-refractivity contribution in [3.8, 4) is 0 Å². The summed E-state index contributed by atoms with van der Waals surface area (Å²) in [5.41, 5.74) is -0.177. The van der Waals surface area contributed by atoms with E-state index < -0.39 is 5.60 Å². The minimum absolute atomic E-state index is 0.199. The van der Waals surface area contributed by atoms with Gasteiger partial charge in [-0.1, -0.05) is 125 Å². The molecule has 0 saturated heterocycles. The van der Waals surface area contributed by atoms with Gasteiger partial charge >= 0.3 is 0 Å². The fourth-order valence-corrected chi connectivity index (χ4v) is 3.80. The summed E-state index contributed by atoms with van der Waals surface area (Å²) in [5.74, 6) is -0.199. The van der Waals surface area contributed by atoms with E-state index in [-0.39, 0.29) is 5.78 Å². The average Bonchev–Trinajstić information content (AvgIpc) is 2.75. The second-order valence-corrected chi connectivity index (χ2v) is 7.85. The monoisotopic (exact) mass is 380 g/mol. The second kappa shape index (κ2) is 12.5. The van der Waals surface area contributed by atoms with Gasteiger partial charge in [-0.05, 0) is 18.4 Å². The summed E-state index contributed by atoms with van der Waals surface area (Å²) in [6, 6.07) is 18.6. The number of rotatable bonds is 14. The van der Waals surface area contributed by atoms with Crippen molar-refractivity contribution in [1.82, 2.24) is 0 Å². The number of benzene rings is 2. The molecule has 0 aromatic heterocycles. The Hall–Kier alpha value is -1.93. The van der Waals surface area contributed by atoms with E-state index in [1.807, 2.05) is 48.5 Å². The molecule has 2 aromatic rings. The standard InChI is InChI=1S/C26H36O2/c1-2-3-4-5-6-7-8-9-10-17-22-26(28,24-20-15-12-16-21-24)25(27)23-18-13-11-14-19-23/h11-16,18-21,28H,2-10,17,22H2,1H3.